The first-order valence-electron chi connectivity index (χ1n) is 9.13. The highest BCUT2D eigenvalue weighted by molar-refractivity contribution is 6.01. The minimum atomic E-state index is -1.39. The average Bonchev–Trinajstić information content (AvgIpc) is 2.59. The van der Waals surface area contributed by atoms with Crippen molar-refractivity contribution in [3.63, 3.8) is 0 Å². The van der Waals surface area contributed by atoms with Crippen molar-refractivity contribution in [1.29, 1.82) is 0 Å². The fourth-order valence-corrected chi connectivity index (χ4v) is 3.05. The minimum Gasteiger partial charge on any atom is -0.387 e. The highest BCUT2D eigenvalue weighted by Gasteiger charge is 2.29. The fraction of sp³-hybridized carbons (Fsp3) is 0.435. The Hall–Kier alpha value is -2.01. The molecule has 1 atom stereocenters. The van der Waals surface area contributed by atoms with Crippen LogP contribution in [0.2, 0.25) is 0 Å². The van der Waals surface area contributed by atoms with E-state index >= 15 is 0 Å². The molecule has 0 aliphatic carbocycles. The lowest BCUT2D eigenvalue weighted by Crippen LogP contribution is -2.31. The van der Waals surface area contributed by atoms with Crippen molar-refractivity contribution in [2.45, 2.75) is 64.3 Å². The Morgan fingerprint density at radius 2 is 1.19 bits per heavy atom. The highest BCUT2D eigenvalue weighted by Crippen LogP contribution is 2.33. The summed E-state index contributed by atoms with van der Waals surface area (Å²) in [5, 5.41) is 30.1. The van der Waals surface area contributed by atoms with E-state index in [2.05, 4.69) is 13.8 Å². The van der Waals surface area contributed by atoms with Crippen LogP contribution in [0.25, 0.3) is 0 Å². The molecule has 2 aromatic rings. The Bertz CT molecular complexity index is 788. The number of ketones is 1. The zero-order valence-corrected chi connectivity index (χ0v) is 16.9. The molecule has 0 aliphatic heterocycles. The van der Waals surface area contributed by atoms with Gasteiger partial charge in [0.15, 0.2) is 5.78 Å². The lowest BCUT2D eigenvalue weighted by Gasteiger charge is -2.28. The van der Waals surface area contributed by atoms with Crippen LogP contribution in [0.1, 0.15) is 74.7 Å². The first kappa shape index (κ1) is 21.3. The molecule has 2 aromatic carbocycles. The quantitative estimate of drug-likeness (QED) is 0.677. The maximum Gasteiger partial charge on any atom is 0.193 e. The fourth-order valence-electron chi connectivity index (χ4n) is 3.05. The van der Waals surface area contributed by atoms with Crippen molar-refractivity contribution < 1.29 is 20.1 Å². The summed E-state index contributed by atoms with van der Waals surface area (Å²) < 4.78 is 0. The van der Waals surface area contributed by atoms with Crippen molar-refractivity contribution in [3.8, 4) is 0 Å². The largest absolute Gasteiger partial charge is 0.387 e. The normalized spacial score (nSPS) is 14.1. The second-order valence-electron chi connectivity index (χ2n) is 8.77. The van der Waals surface area contributed by atoms with Gasteiger partial charge in [0.25, 0.3) is 0 Å². The van der Waals surface area contributed by atoms with Gasteiger partial charge in [-0.25, -0.2) is 0 Å². The number of aliphatic hydroxyl groups excluding tert-OH is 1. The molecule has 0 heterocycles. The molecule has 0 fully saturated rings. The summed E-state index contributed by atoms with van der Waals surface area (Å²) in [6.07, 6.45) is -0.957. The van der Waals surface area contributed by atoms with E-state index in [0.717, 1.165) is 11.1 Å². The zero-order chi connectivity index (χ0) is 20.6. The van der Waals surface area contributed by atoms with Crippen LogP contribution < -0.4 is 0 Å². The van der Waals surface area contributed by atoms with Crippen LogP contribution in [0.15, 0.2) is 48.5 Å². The number of benzene rings is 2. The number of Topliss-reactive ketones (excluding diaryl/α,β-unsaturated/α-hetero) is 1. The van der Waals surface area contributed by atoms with Crippen LogP contribution in [-0.2, 0) is 5.41 Å². The predicted octanol–water partition coefficient (Wildman–Crippen LogP) is 3.77. The van der Waals surface area contributed by atoms with E-state index in [0.29, 0.717) is 11.1 Å². The Balaban J connectivity index is 2.29. The van der Waals surface area contributed by atoms with Gasteiger partial charge in [0.05, 0.1) is 5.60 Å². The standard InChI is InChI=1S/C23H30O4/c1-21(2,17-11-7-15(8-12-17)19(24)22(3,4)26)18-13-9-16(10-14-18)20(25)23(5,6)27/h7-14,19,24,26-27H,1-6H3. The van der Waals surface area contributed by atoms with Gasteiger partial charge in [-0.3, -0.25) is 4.79 Å². The average molecular weight is 370 g/mol. The summed E-state index contributed by atoms with van der Waals surface area (Å²) in [6, 6.07) is 14.8. The second kappa shape index (κ2) is 7.19. The number of carbonyl (C=O) groups is 1. The minimum absolute atomic E-state index is 0.309. The SMILES string of the molecule is CC(C)(O)C(=O)c1ccc(C(C)(C)c2ccc(C(O)C(C)(C)O)cc2)cc1. The Labute approximate surface area is 161 Å². The lowest BCUT2D eigenvalue weighted by molar-refractivity contribution is -0.0496. The van der Waals surface area contributed by atoms with Gasteiger partial charge in [-0.1, -0.05) is 62.4 Å². The molecule has 0 saturated heterocycles. The van der Waals surface area contributed by atoms with Gasteiger partial charge in [0, 0.05) is 11.0 Å². The van der Waals surface area contributed by atoms with Crippen molar-refractivity contribution >= 4 is 5.78 Å². The van der Waals surface area contributed by atoms with Gasteiger partial charge < -0.3 is 15.3 Å². The number of carbonyl (C=O) groups excluding carboxylic acids is 1. The molecule has 3 N–H and O–H groups in total. The summed E-state index contributed by atoms with van der Waals surface area (Å²) >= 11 is 0. The van der Waals surface area contributed by atoms with Crippen molar-refractivity contribution in [2.75, 3.05) is 0 Å². The van der Waals surface area contributed by atoms with Crippen LogP contribution in [0.3, 0.4) is 0 Å². The monoisotopic (exact) mass is 370 g/mol. The molecule has 0 saturated carbocycles. The van der Waals surface area contributed by atoms with E-state index < -0.39 is 17.3 Å². The van der Waals surface area contributed by atoms with Gasteiger partial charge >= 0.3 is 0 Å². The molecule has 4 nitrogen and oxygen atoms in total. The van der Waals surface area contributed by atoms with Crippen molar-refractivity contribution in [3.05, 3.63) is 70.8 Å². The van der Waals surface area contributed by atoms with Crippen molar-refractivity contribution in [2.24, 2.45) is 0 Å². The van der Waals surface area contributed by atoms with E-state index in [9.17, 15) is 20.1 Å². The van der Waals surface area contributed by atoms with Crippen LogP contribution in [0.5, 0.6) is 0 Å². The topological polar surface area (TPSA) is 77.8 Å². The predicted molar refractivity (Wildman–Crippen MR) is 107 cm³/mol. The molecule has 2 rings (SSSR count). The molecule has 0 aromatic heterocycles. The van der Waals surface area contributed by atoms with Crippen LogP contribution in [0, 0.1) is 0 Å². The number of hydrogen-bond donors (Lipinski definition) is 3. The summed E-state index contributed by atoms with van der Waals surface area (Å²) in [6.45, 7) is 10.3. The molecule has 27 heavy (non-hydrogen) atoms. The third kappa shape index (κ3) is 4.64. The van der Waals surface area contributed by atoms with Crippen LogP contribution in [-0.4, -0.2) is 32.3 Å². The van der Waals surface area contributed by atoms with Gasteiger partial charge in [-0.2, -0.15) is 0 Å². The highest BCUT2D eigenvalue weighted by atomic mass is 16.3. The van der Waals surface area contributed by atoms with Gasteiger partial charge in [-0.15, -0.1) is 0 Å². The molecule has 1 unspecified atom stereocenters. The molecule has 0 bridgehead atoms. The summed E-state index contributed by atoms with van der Waals surface area (Å²) in [7, 11) is 0. The molecular formula is C23H30O4. The van der Waals surface area contributed by atoms with E-state index in [1.807, 2.05) is 36.4 Å². The molecule has 0 radical (unpaired) electrons. The van der Waals surface area contributed by atoms with Gasteiger partial charge in [0.2, 0.25) is 0 Å². The van der Waals surface area contributed by atoms with Crippen LogP contribution in [0.4, 0.5) is 0 Å². The molecule has 0 amide bonds. The number of rotatable bonds is 6. The Kier molecular flexibility index (Phi) is 5.67. The number of aliphatic hydroxyl groups is 3. The smallest absolute Gasteiger partial charge is 0.193 e. The second-order valence-corrected chi connectivity index (χ2v) is 8.77. The number of hydrogen-bond acceptors (Lipinski definition) is 4. The summed E-state index contributed by atoms with van der Waals surface area (Å²) in [5.41, 5.74) is 0.308. The van der Waals surface area contributed by atoms with Crippen molar-refractivity contribution in [1.82, 2.24) is 0 Å². The molecule has 0 aliphatic rings. The zero-order valence-electron chi connectivity index (χ0n) is 16.9. The van der Waals surface area contributed by atoms with E-state index in [-0.39, 0.29) is 11.2 Å². The van der Waals surface area contributed by atoms with E-state index in [1.165, 1.54) is 13.8 Å². The van der Waals surface area contributed by atoms with E-state index in [4.69, 9.17) is 0 Å². The Morgan fingerprint density at radius 3 is 1.56 bits per heavy atom. The molecule has 0 spiro atoms. The molecular weight excluding hydrogens is 340 g/mol. The maximum absolute atomic E-state index is 12.2. The third-order valence-electron chi connectivity index (χ3n) is 5.04. The maximum atomic E-state index is 12.2. The summed E-state index contributed by atoms with van der Waals surface area (Å²) in [4.78, 5) is 12.2. The summed E-state index contributed by atoms with van der Waals surface area (Å²) in [5.74, 6) is -0.309. The van der Waals surface area contributed by atoms with Crippen LogP contribution >= 0.6 is 0 Å². The first-order chi connectivity index (χ1) is 12.2. The van der Waals surface area contributed by atoms with Gasteiger partial charge in [0.1, 0.15) is 11.7 Å². The van der Waals surface area contributed by atoms with Gasteiger partial charge in [-0.05, 0) is 44.4 Å². The molecule has 146 valence electrons. The molecule has 4 heteroatoms. The lowest BCUT2D eigenvalue weighted by atomic mass is 9.77. The third-order valence-corrected chi connectivity index (χ3v) is 5.04. The first-order valence-corrected chi connectivity index (χ1v) is 9.13. The van der Waals surface area contributed by atoms with E-state index in [1.54, 1.807) is 26.0 Å². The Morgan fingerprint density at radius 1 is 0.778 bits per heavy atom.